The van der Waals surface area contributed by atoms with Crippen molar-refractivity contribution < 1.29 is 4.74 Å². The van der Waals surface area contributed by atoms with Gasteiger partial charge in [-0.1, -0.05) is 83.1 Å². The van der Waals surface area contributed by atoms with Crippen molar-refractivity contribution in [1.82, 2.24) is 5.32 Å². The molecule has 156 valence electrons. The molecule has 0 aromatic heterocycles. The van der Waals surface area contributed by atoms with Crippen LogP contribution in [0.25, 0.3) is 0 Å². The maximum atomic E-state index is 5.34. The van der Waals surface area contributed by atoms with E-state index >= 15 is 0 Å². The predicted molar refractivity (Wildman–Crippen MR) is 123 cm³/mol. The third-order valence-corrected chi connectivity index (χ3v) is 4.39. The van der Waals surface area contributed by atoms with Gasteiger partial charge in [0.2, 0.25) is 0 Å². The first-order valence-electron chi connectivity index (χ1n) is 10.9. The molecule has 0 fully saturated rings. The van der Waals surface area contributed by atoms with Gasteiger partial charge in [-0.15, -0.1) is 0 Å². The summed E-state index contributed by atoms with van der Waals surface area (Å²) in [6, 6.07) is 17.7. The van der Waals surface area contributed by atoms with Crippen molar-refractivity contribution in [2.45, 2.75) is 67.5 Å². The Morgan fingerprint density at radius 2 is 1.11 bits per heavy atom. The zero-order chi connectivity index (χ0) is 20.8. The Morgan fingerprint density at radius 1 is 0.679 bits per heavy atom. The number of nitrogens with one attached hydrogen (secondary N) is 1. The monoisotopic (exact) mass is 383 g/mol. The van der Waals surface area contributed by atoms with Gasteiger partial charge in [0, 0.05) is 13.2 Å². The van der Waals surface area contributed by atoms with Crippen molar-refractivity contribution in [3.05, 3.63) is 70.8 Å². The van der Waals surface area contributed by atoms with Crippen LogP contribution >= 0.6 is 0 Å². The third-order valence-electron chi connectivity index (χ3n) is 4.39. The summed E-state index contributed by atoms with van der Waals surface area (Å²) < 4.78 is 5.34. The largest absolute Gasteiger partial charge is 0.377 e. The molecule has 0 spiro atoms. The molecule has 1 N–H and O–H groups in total. The molecule has 0 bridgehead atoms. The Hall–Kier alpha value is -1.64. The lowest BCUT2D eigenvalue weighted by atomic mass is 10.0. The molecular weight excluding hydrogens is 342 g/mol. The lowest BCUT2D eigenvalue weighted by Crippen LogP contribution is -2.11. The molecule has 2 aromatic carbocycles. The fourth-order valence-corrected chi connectivity index (χ4v) is 3.00. The number of hydrogen-bond acceptors (Lipinski definition) is 2. The summed E-state index contributed by atoms with van der Waals surface area (Å²) in [5, 5.41) is 3.32. The van der Waals surface area contributed by atoms with E-state index in [1.54, 1.807) is 0 Å². The maximum absolute atomic E-state index is 5.34. The van der Waals surface area contributed by atoms with Crippen LogP contribution in [-0.4, -0.2) is 13.2 Å². The summed E-state index contributed by atoms with van der Waals surface area (Å²) in [4.78, 5) is 0. The molecule has 2 heteroatoms. The van der Waals surface area contributed by atoms with Gasteiger partial charge in [-0.25, -0.2) is 0 Å². The summed E-state index contributed by atoms with van der Waals surface area (Å²) >= 11 is 0. The molecule has 0 radical (unpaired) electrons. The lowest BCUT2D eigenvalue weighted by Gasteiger charge is -2.06. The molecule has 0 unspecified atom stereocenters. The SMILES string of the molecule is CCNCc1ccc(CC(C)C)cc1.CCOCc1ccc(CC(C)C)cc1. The molecule has 0 aliphatic heterocycles. The van der Waals surface area contributed by atoms with Crippen LogP contribution in [-0.2, 0) is 30.7 Å². The zero-order valence-corrected chi connectivity index (χ0v) is 18.9. The van der Waals surface area contributed by atoms with Crippen LogP contribution in [0.3, 0.4) is 0 Å². The second-order valence-electron chi connectivity index (χ2n) is 8.25. The highest BCUT2D eigenvalue weighted by Crippen LogP contribution is 2.11. The molecule has 2 rings (SSSR count). The number of hydrogen-bond donors (Lipinski definition) is 1. The van der Waals surface area contributed by atoms with Gasteiger partial charge in [0.25, 0.3) is 0 Å². The summed E-state index contributed by atoms with van der Waals surface area (Å²) in [5.74, 6) is 1.47. The van der Waals surface area contributed by atoms with E-state index in [2.05, 4.69) is 88.5 Å². The summed E-state index contributed by atoms with van der Waals surface area (Å²) in [7, 11) is 0. The van der Waals surface area contributed by atoms with E-state index in [0.29, 0.717) is 0 Å². The van der Waals surface area contributed by atoms with Gasteiger partial charge < -0.3 is 10.1 Å². The minimum atomic E-state index is 0.729. The lowest BCUT2D eigenvalue weighted by molar-refractivity contribution is 0.134. The fourth-order valence-electron chi connectivity index (χ4n) is 3.00. The average molecular weight is 384 g/mol. The first-order chi connectivity index (χ1) is 13.4. The van der Waals surface area contributed by atoms with Crippen molar-refractivity contribution in [1.29, 1.82) is 0 Å². The van der Waals surface area contributed by atoms with Gasteiger partial charge >= 0.3 is 0 Å². The smallest absolute Gasteiger partial charge is 0.0716 e. The van der Waals surface area contributed by atoms with Crippen molar-refractivity contribution in [2.75, 3.05) is 13.2 Å². The van der Waals surface area contributed by atoms with Crippen LogP contribution in [0.1, 0.15) is 63.8 Å². The van der Waals surface area contributed by atoms with Crippen LogP contribution in [0.15, 0.2) is 48.5 Å². The van der Waals surface area contributed by atoms with Crippen LogP contribution in [0.5, 0.6) is 0 Å². The molecular formula is C26H41NO. The highest BCUT2D eigenvalue weighted by Gasteiger charge is 1.98. The molecule has 0 aliphatic carbocycles. The first-order valence-corrected chi connectivity index (χ1v) is 10.9. The normalized spacial score (nSPS) is 10.9. The van der Waals surface area contributed by atoms with E-state index in [4.69, 9.17) is 4.74 Å². The minimum Gasteiger partial charge on any atom is -0.377 e. The van der Waals surface area contributed by atoms with Gasteiger partial charge in [-0.2, -0.15) is 0 Å². The maximum Gasteiger partial charge on any atom is 0.0716 e. The van der Waals surface area contributed by atoms with Crippen LogP contribution in [0, 0.1) is 11.8 Å². The van der Waals surface area contributed by atoms with Gasteiger partial charge in [-0.3, -0.25) is 0 Å². The molecule has 0 aliphatic rings. The number of benzene rings is 2. The van der Waals surface area contributed by atoms with E-state index in [1.807, 2.05) is 6.92 Å². The predicted octanol–water partition coefficient (Wildman–Crippen LogP) is 6.42. The Bertz CT molecular complexity index is 556. The second-order valence-corrected chi connectivity index (χ2v) is 8.25. The molecule has 0 atom stereocenters. The fraction of sp³-hybridized carbons (Fsp3) is 0.538. The third kappa shape index (κ3) is 11.3. The van der Waals surface area contributed by atoms with Crippen molar-refractivity contribution in [3.8, 4) is 0 Å². The Balaban J connectivity index is 0.000000280. The van der Waals surface area contributed by atoms with E-state index in [1.165, 1.54) is 28.7 Å². The summed E-state index contributed by atoms with van der Waals surface area (Å²) in [6.45, 7) is 16.7. The van der Waals surface area contributed by atoms with Gasteiger partial charge in [0.1, 0.15) is 0 Å². The van der Waals surface area contributed by atoms with Crippen LogP contribution in [0.4, 0.5) is 0 Å². The van der Waals surface area contributed by atoms with Crippen LogP contribution in [0.2, 0.25) is 0 Å². The summed E-state index contributed by atoms with van der Waals surface area (Å²) in [5.41, 5.74) is 5.50. The number of rotatable bonds is 10. The van der Waals surface area contributed by atoms with Gasteiger partial charge in [-0.05, 0) is 60.4 Å². The summed E-state index contributed by atoms with van der Waals surface area (Å²) in [6.07, 6.45) is 2.34. The van der Waals surface area contributed by atoms with Gasteiger partial charge in [0.15, 0.2) is 0 Å². The van der Waals surface area contributed by atoms with Crippen LogP contribution < -0.4 is 5.32 Å². The molecule has 28 heavy (non-hydrogen) atoms. The first kappa shape index (κ1) is 24.4. The standard InChI is InChI=1S/C13H21N.C13H20O/c2*1-4-14-10-13-7-5-12(6-8-13)9-11(2)3/h5-8,11,14H,4,9-10H2,1-3H3;5-8,11H,4,9-10H2,1-3H3. The molecule has 0 amide bonds. The Morgan fingerprint density at radius 3 is 1.50 bits per heavy atom. The molecule has 0 saturated heterocycles. The number of ether oxygens (including phenoxy) is 1. The molecule has 0 heterocycles. The average Bonchev–Trinajstić information content (AvgIpc) is 2.66. The zero-order valence-electron chi connectivity index (χ0n) is 18.9. The van der Waals surface area contributed by atoms with Crippen molar-refractivity contribution in [3.63, 3.8) is 0 Å². The van der Waals surface area contributed by atoms with E-state index < -0.39 is 0 Å². The van der Waals surface area contributed by atoms with Gasteiger partial charge in [0.05, 0.1) is 6.61 Å². The topological polar surface area (TPSA) is 21.3 Å². The minimum absolute atomic E-state index is 0.729. The molecule has 0 saturated carbocycles. The quantitative estimate of drug-likeness (QED) is 0.511. The van der Waals surface area contributed by atoms with E-state index in [-0.39, 0.29) is 0 Å². The van der Waals surface area contributed by atoms with E-state index in [9.17, 15) is 0 Å². The molecule has 2 aromatic rings. The highest BCUT2D eigenvalue weighted by molar-refractivity contribution is 5.23. The highest BCUT2D eigenvalue weighted by atomic mass is 16.5. The van der Waals surface area contributed by atoms with Crippen molar-refractivity contribution in [2.24, 2.45) is 11.8 Å². The Labute approximate surface area is 173 Å². The Kier molecular flexibility index (Phi) is 12.5. The van der Waals surface area contributed by atoms with Crippen molar-refractivity contribution >= 4 is 0 Å². The second kappa shape index (κ2) is 14.4. The molecule has 2 nitrogen and oxygen atoms in total. The van der Waals surface area contributed by atoms with E-state index in [0.717, 1.165) is 44.6 Å².